The molecule has 0 spiro atoms. The van der Waals surface area contributed by atoms with E-state index in [-0.39, 0.29) is 40.5 Å². The van der Waals surface area contributed by atoms with Gasteiger partial charge in [0.15, 0.2) is 28.7 Å². The van der Waals surface area contributed by atoms with E-state index in [9.17, 15) is 19.3 Å². The lowest BCUT2D eigenvalue weighted by Crippen LogP contribution is -2.37. The van der Waals surface area contributed by atoms with Gasteiger partial charge >= 0.3 is 8.25 Å². The van der Waals surface area contributed by atoms with Gasteiger partial charge in [0.1, 0.15) is 18.8 Å². The number of nitrogens with two attached hydrogens (primary N) is 1. The molecule has 0 bridgehead atoms. The van der Waals surface area contributed by atoms with Gasteiger partial charge in [-0.15, -0.1) is 9.05 Å². The van der Waals surface area contributed by atoms with Crippen LogP contribution in [0.1, 0.15) is 6.23 Å². The van der Waals surface area contributed by atoms with E-state index in [2.05, 4.69) is 20.3 Å². The van der Waals surface area contributed by atoms with Crippen molar-refractivity contribution < 1.29 is 28.3 Å². The summed E-state index contributed by atoms with van der Waals surface area (Å²) in [6, 6.07) is 8.92. The van der Waals surface area contributed by atoms with Crippen molar-refractivity contribution in [3.05, 3.63) is 40.7 Å². The standard InChI is InChI=1S/C18H17N6O7PS/c19-17-22-14-11(15(27)23-17)21-18(33-7-10(25)20-8-4-2-1-3-5-8)24(14)16-12(26)13-9(30-16)6-29-32(28)31-13/h1-5,9,12-13,16,26H,6-7H2,(H3-,19,20,22,23,25,27)/p+1/t9?,12?,13-,16-/m1/s1. The molecule has 13 nitrogen and oxygen atoms in total. The number of ether oxygens (including phenoxy) is 1. The van der Waals surface area contributed by atoms with Crippen LogP contribution in [0.5, 0.6) is 0 Å². The molecular formula is C18H18N6O7PS+. The Balaban J connectivity index is 1.46. The fraction of sp³-hybridized carbons (Fsp3) is 0.333. The summed E-state index contributed by atoms with van der Waals surface area (Å²) in [6.45, 7) is -0.0435. The van der Waals surface area contributed by atoms with Crippen LogP contribution >= 0.6 is 20.0 Å². The molecule has 4 heterocycles. The number of para-hydroxylation sites is 1. The van der Waals surface area contributed by atoms with Gasteiger partial charge in [0, 0.05) is 10.3 Å². The van der Waals surface area contributed by atoms with Crippen molar-refractivity contribution >= 4 is 48.7 Å². The number of aliphatic hydroxyl groups is 1. The third-order valence-electron chi connectivity index (χ3n) is 5.04. The Morgan fingerprint density at radius 3 is 2.94 bits per heavy atom. The molecule has 3 unspecified atom stereocenters. The number of hydrogen-bond acceptors (Lipinski definition) is 11. The highest BCUT2D eigenvalue weighted by molar-refractivity contribution is 7.99. The number of nitrogen functional groups attached to an aromatic ring is 1. The predicted octanol–water partition coefficient (Wildman–Crippen LogP) is 0.764. The molecular weight excluding hydrogens is 475 g/mol. The molecule has 1 amide bonds. The Morgan fingerprint density at radius 2 is 2.15 bits per heavy atom. The first-order chi connectivity index (χ1) is 15.9. The quantitative estimate of drug-likeness (QED) is 0.291. The third kappa shape index (κ3) is 4.24. The van der Waals surface area contributed by atoms with E-state index in [1.165, 1.54) is 4.57 Å². The number of nitrogens with zero attached hydrogens (tertiary/aromatic N) is 3. The van der Waals surface area contributed by atoms with Crippen molar-refractivity contribution in [2.45, 2.75) is 29.7 Å². The van der Waals surface area contributed by atoms with Gasteiger partial charge in [-0.3, -0.25) is 19.1 Å². The summed E-state index contributed by atoms with van der Waals surface area (Å²) < 4.78 is 29.1. The van der Waals surface area contributed by atoms with Gasteiger partial charge in [0.25, 0.3) is 5.56 Å². The molecule has 15 heteroatoms. The molecule has 2 saturated heterocycles. The van der Waals surface area contributed by atoms with Gasteiger partial charge in [-0.05, 0) is 12.1 Å². The van der Waals surface area contributed by atoms with Crippen molar-refractivity contribution in [2.24, 2.45) is 0 Å². The van der Waals surface area contributed by atoms with Crippen LogP contribution in [-0.2, 0) is 23.1 Å². The van der Waals surface area contributed by atoms with Crippen molar-refractivity contribution in [1.82, 2.24) is 19.5 Å². The van der Waals surface area contributed by atoms with E-state index in [1.54, 1.807) is 24.3 Å². The lowest BCUT2D eigenvalue weighted by atomic mass is 10.1. The number of hydrogen-bond donors (Lipinski definition) is 4. The molecule has 0 aliphatic carbocycles. The van der Waals surface area contributed by atoms with Crippen LogP contribution in [0.2, 0.25) is 0 Å². The number of imidazole rings is 1. The minimum absolute atomic E-state index is 0.0379. The molecule has 5 N–H and O–H groups in total. The van der Waals surface area contributed by atoms with E-state index in [4.69, 9.17) is 19.5 Å². The number of anilines is 2. The van der Waals surface area contributed by atoms with Gasteiger partial charge < -0.3 is 20.9 Å². The predicted molar refractivity (Wildman–Crippen MR) is 117 cm³/mol. The largest absolute Gasteiger partial charge is 0.697 e. The first kappa shape index (κ1) is 21.9. The number of aliphatic hydroxyl groups excluding tert-OH is 1. The molecule has 3 aromatic rings. The van der Waals surface area contributed by atoms with Gasteiger partial charge in [0.2, 0.25) is 11.9 Å². The number of carbonyl (C=O) groups is 1. The summed E-state index contributed by atoms with van der Waals surface area (Å²) in [6.07, 6.45) is -3.98. The molecule has 0 saturated carbocycles. The Kier molecular flexibility index (Phi) is 5.86. The number of thioether (sulfide) groups is 1. The van der Waals surface area contributed by atoms with Crippen molar-refractivity contribution in [3.8, 4) is 0 Å². The Labute approximate surface area is 190 Å². The lowest BCUT2D eigenvalue weighted by molar-refractivity contribution is -0.113. The highest BCUT2D eigenvalue weighted by atomic mass is 32.2. The molecule has 0 radical (unpaired) electrons. The van der Waals surface area contributed by atoms with Crippen molar-refractivity contribution in [2.75, 3.05) is 23.4 Å². The van der Waals surface area contributed by atoms with Crippen molar-refractivity contribution in [3.63, 3.8) is 0 Å². The van der Waals surface area contributed by atoms with Gasteiger partial charge in [-0.1, -0.05) is 30.0 Å². The fourth-order valence-electron chi connectivity index (χ4n) is 3.62. The number of amides is 1. The average molecular weight is 493 g/mol. The van der Waals surface area contributed by atoms with Crippen LogP contribution in [0.25, 0.3) is 11.2 Å². The van der Waals surface area contributed by atoms with Gasteiger partial charge in [-0.2, -0.15) is 4.98 Å². The molecule has 5 rings (SSSR count). The SMILES string of the molecule is Nc1nc2c(nc(SCC(=O)Nc3ccccc3)n2[C@@H]2OC3CO[P+](=O)O[C@H]3C2O)c(=O)[nH]1. The maximum atomic E-state index is 12.4. The lowest BCUT2D eigenvalue weighted by Gasteiger charge is -2.18. The number of nitrogens with one attached hydrogen (secondary N) is 2. The molecule has 1 aromatic carbocycles. The van der Waals surface area contributed by atoms with E-state index >= 15 is 0 Å². The number of aromatic nitrogens is 4. The van der Waals surface area contributed by atoms with Crippen LogP contribution in [0.15, 0.2) is 40.3 Å². The van der Waals surface area contributed by atoms with Gasteiger partial charge in [-0.25, -0.2) is 4.98 Å². The zero-order chi connectivity index (χ0) is 23.1. The molecule has 2 aromatic heterocycles. The smallest absolute Gasteiger partial charge is 0.385 e. The summed E-state index contributed by atoms with van der Waals surface area (Å²) in [7, 11) is -2.38. The van der Waals surface area contributed by atoms with Crippen LogP contribution in [0.4, 0.5) is 11.6 Å². The Morgan fingerprint density at radius 1 is 1.36 bits per heavy atom. The molecule has 2 aliphatic heterocycles. The molecule has 2 fully saturated rings. The van der Waals surface area contributed by atoms with Crippen LogP contribution in [0.3, 0.4) is 0 Å². The number of aromatic amines is 1. The zero-order valence-corrected chi connectivity index (χ0v) is 18.5. The highest BCUT2D eigenvalue weighted by Crippen LogP contribution is 2.44. The maximum absolute atomic E-state index is 12.4. The first-order valence-electron chi connectivity index (χ1n) is 9.76. The Bertz CT molecular complexity index is 1280. The van der Waals surface area contributed by atoms with Gasteiger partial charge in [0.05, 0.1) is 5.75 Å². The summed E-state index contributed by atoms with van der Waals surface area (Å²) >= 11 is 1.02. The minimum atomic E-state index is -2.38. The van der Waals surface area contributed by atoms with E-state index in [0.717, 1.165) is 11.8 Å². The van der Waals surface area contributed by atoms with Crippen LogP contribution in [0, 0.1) is 0 Å². The second kappa shape index (κ2) is 8.82. The zero-order valence-electron chi connectivity index (χ0n) is 16.8. The Hall–Kier alpha value is -2.87. The minimum Gasteiger partial charge on any atom is -0.385 e. The molecule has 2 aliphatic rings. The van der Waals surface area contributed by atoms with E-state index in [1.807, 2.05) is 6.07 Å². The normalized spacial score (nSPS) is 25.8. The third-order valence-corrected chi connectivity index (χ3v) is 6.77. The van der Waals surface area contributed by atoms with E-state index < -0.39 is 38.4 Å². The first-order valence-corrected chi connectivity index (χ1v) is 11.8. The average Bonchev–Trinajstić information content (AvgIpc) is 3.30. The number of rotatable bonds is 5. The topological polar surface area (TPSA) is 184 Å². The number of benzene rings is 1. The molecule has 33 heavy (non-hydrogen) atoms. The maximum Gasteiger partial charge on any atom is 0.697 e. The van der Waals surface area contributed by atoms with E-state index in [0.29, 0.717) is 5.69 Å². The van der Waals surface area contributed by atoms with Crippen LogP contribution in [-0.4, -0.2) is 61.2 Å². The fourth-order valence-corrected chi connectivity index (χ4v) is 5.23. The van der Waals surface area contributed by atoms with Crippen LogP contribution < -0.4 is 16.6 Å². The second-order valence-electron chi connectivity index (χ2n) is 7.24. The second-order valence-corrected chi connectivity index (χ2v) is 9.09. The number of H-pyrrole nitrogens is 1. The summed E-state index contributed by atoms with van der Waals surface area (Å²) in [5, 5.41) is 13.8. The number of fused-ring (bicyclic) bond motifs is 2. The monoisotopic (exact) mass is 493 g/mol. The van der Waals surface area contributed by atoms with Crippen molar-refractivity contribution in [1.29, 1.82) is 0 Å². The molecule has 5 atom stereocenters. The summed E-state index contributed by atoms with van der Waals surface area (Å²) in [5.41, 5.74) is 5.79. The number of carbonyl (C=O) groups excluding carboxylic acids is 1. The summed E-state index contributed by atoms with van der Waals surface area (Å²) in [4.78, 5) is 35.7. The molecule has 172 valence electrons. The summed E-state index contributed by atoms with van der Waals surface area (Å²) in [5.74, 6) is -0.506. The highest BCUT2D eigenvalue weighted by Gasteiger charge is 2.55.